The summed E-state index contributed by atoms with van der Waals surface area (Å²) < 4.78 is 31.6. The van der Waals surface area contributed by atoms with E-state index in [0.717, 1.165) is 0 Å². The summed E-state index contributed by atoms with van der Waals surface area (Å²) in [7, 11) is 0. The second-order valence-corrected chi connectivity index (χ2v) is 5.79. The molecule has 1 N–H and O–H groups in total. The number of alkyl halides is 2. The highest BCUT2D eigenvalue weighted by atomic mass is 19.3. The summed E-state index contributed by atoms with van der Waals surface area (Å²) >= 11 is 0. The molecule has 4 nitrogen and oxygen atoms in total. The molecule has 0 bridgehead atoms. The molecule has 21 heavy (non-hydrogen) atoms. The summed E-state index contributed by atoms with van der Waals surface area (Å²) in [4.78, 5) is 23.6. The van der Waals surface area contributed by atoms with Crippen molar-refractivity contribution in [2.75, 3.05) is 0 Å². The zero-order chi connectivity index (χ0) is 15.2. The van der Waals surface area contributed by atoms with E-state index in [1.807, 2.05) is 0 Å². The van der Waals surface area contributed by atoms with Gasteiger partial charge in [-0.25, -0.2) is 13.6 Å². The molecule has 1 atom stereocenters. The lowest BCUT2D eigenvalue weighted by Gasteiger charge is -2.20. The second-order valence-electron chi connectivity index (χ2n) is 5.79. The van der Waals surface area contributed by atoms with Gasteiger partial charge in [-0.15, -0.1) is 0 Å². The Balaban J connectivity index is 1.94. The standard InChI is InChI=1S/C15H15F2NO3/c1-8-4-11-13(14(20)18-8)10(6-12(19)21-11)5-9-2-3-15(16,17)7-9/h6,9H,1-5,7H2,(H,18,20)/t9-/m0/s1. The Hall–Kier alpha value is -1.98. The van der Waals surface area contributed by atoms with Crippen molar-refractivity contribution in [1.82, 2.24) is 5.32 Å². The number of carbonyl (C=O) groups excluding carboxylic acids is 1. The number of hydrogen-bond donors (Lipinski definition) is 1. The van der Waals surface area contributed by atoms with Gasteiger partial charge in [-0.2, -0.15) is 0 Å². The molecule has 3 rings (SSSR count). The summed E-state index contributed by atoms with van der Waals surface area (Å²) in [6, 6.07) is 1.24. The molecule has 1 aliphatic heterocycles. The Morgan fingerprint density at radius 3 is 2.86 bits per heavy atom. The van der Waals surface area contributed by atoms with Crippen LogP contribution in [0.25, 0.3) is 0 Å². The van der Waals surface area contributed by atoms with Gasteiger partial charge in [0.15, 0.2) is 0 Å². The van der Waals surface area contributed by atoms with Gasteiger partial charge in [0.1, 0.15) is 5.76 Å². The first-order chi connectivity index (χ1) is 9.84. The van der Waals surface area contributed by atoms with E-state index in [1.165, 1.54) is 6.07 Å². The highest BCUT2D eigenvalue weighted by Crippen LogP contribution is 2.40. The number of fused-ring (bicyclic) bond motifs is 1. The Labute approximate surface area is 119 Å². The molecule has 1 aromatic rings. The fraction of sp³-hybridized carbons (Fsp3) is 0.467. The molecule has 0 aromatic carbocycles. The van der Waals surface area contributed by atoms with Crippen LogP contribution in [-0.2, 0) is 12.8 Å². The van der Waals surface area contributed by atoms with E-state index in [2.05, 4.69) is 11.9 Å². The van der Waals surface area contributed by atoms with Crippen LogP contribution in [0.4, 0.5) is 8.78 Å². The van der Waals surface area contributed by atoms with Gasteiger partial charge < -0.3 is 9.73 Å². The summed E-state index contributed by atoms with van der Waals surface area (Å²) in [5.41, 5.74) is 0.697. The fourth-order valence-corrected chi connectivity index (χ4v) is 3.14. The van der Waals surface area contributed by atoms with Crippen LogP contribution in [0.5, 0.6) is 0 Å². The average molecular weight is 295 g/mol. The molecule has 0 radical (unpaired) electrons. The molecule has 0 spiro atoms. The summed E-state index contributed by atoms with van der Waals surface area (Å²) in [6.45, 7) is 3.65. The van der Waals surface area contributed by atoms with E-state index in [4.69, 9.17) is 4.42 Å². The molecule has 1 amide bonds. The number of halogens is 2. The topological polar surface area (TPSA) is 59.3 Å². The fourth-order valence-electron chi connectivity index (χ4n) is 3.14. The van der Waals surface area contributed by atoms with E-state index in [-0.39, 0.29) is 36.8 Å². The summed E-state index contributed by atoms with van der Waals surface area (Å²) in [6.07, 6.45) is 0.616. The van der Waals surface area contributed by atoms with Gasteiger partial charge in [0.05, 0.1) is 5.56 Å². The van der Waals surface area contributed by atoms with Crippen LogP contribution in [0.3, 0.4) is 0 Å². The van der Waals surface area contributed by atoms with Crippen LogP contribution in [-0.4, -0.2) is 11.8 Å². The molecule has 2 aliphatic rings. The Morgan fingerprint density at radius 1 is 1.43 bits per heavy atom. The predicted octanol–water partition coefficient (Wildman–Crippen LogP) is 2.42. The predicted molar refractivity (Wildman–Crippen MR) is 71.3 cm³/mol. The van der Waals surface area contributed by atoms with Crippen molar-refractivity contribution in [3.8, 4) is 0 Å². The molecule has 0 unspecified atom stereocenters. The third kappa shape index (κ3) is 2.75. The first-order valence-corrected chi connectivity index (χ1v) is 6.87. The van der Waals surface area contributed by atoms with Crippen molar-refractivity contribution in [2.24, 2.45) is 5.92 Å². The van der Waals surface area contributed by atoms with Crippen LogP contribution < -0.4 is 10.9 Å². The highest BCUT2D eigenvalue weighted by Gasteiger charge is 2.40. The minimum Gasteiger partial charge on any atom is -0.427 e. The molecular weight excluding hydrogens is 280 g/mol. The van der Waals surface area contributed by atoms with Gasteiger partial charge in [0, 0.05) is 31.0 Å². The zero-order valence-electron chi connectivity index (χ0n) is 11.4. The summed E-state index contributed by atoms with van der Waals surface area (Å²) in [5.74, 6) is -2.97. The van der Waals surface area contributed by atoms with Gasteiger partial charge in [-0.3, -0.25) is 4.79 Å². The van der Waals surface area contributed by atoms with Crippen LogP contribution >= 0.6 is 0 Å². The minimum absolute atomic E-state index is 0.135. The van der Waals surface area contributed by atoms with Crippen LogP contribution in [0.2, 0.25) is 0 Å². The van der Waals surface area contributed by atoms with Crippen molar-refractivity contribution >= 4 is 5.91 Å². The molecular formula is C15H15F2NO3. The number of allylic oxidation sites excluding steroid dienone is 1. The first-order valence-electron chi connectivity index (χ1n) is 6.87. The first kappa shape index (κ1) is 14.0. The Bertz CT molecular complexity index is 678. The van der Waals surface area contributed by atoms with Crippen LogP contribution in [0.15, 0.2) is 27.6 Å². The maximum absolute atomic E-state index is 13.3. The smallest absolute Gasteiger partial charge is 0.336 e. The Kier molecular flexibility index (Phi) is 3.19. The molecule has 112 valence electrons. The van der Waals surface area contributed by atoms with Crippen molar-refractivity contribution < 1.29 is 18.0 Å². The lowest BCUT2D eigenvalue weighted by Crippen LogP contribution is -2.32. The van der Waals surface area contributed by atoms with Gasteiger partial charge >= 0.3 is 5.63 Å². The maximum atomic E-state index is 13.3. The number of amides is 1. The van der Waals surface area contributed by atoms with E-state index >= 15 is 0 Å². The van der Waals surface area contributed by atoms with Crippen molar-refractivity contribution in [2.45, 2.75) is 38.0 Å². The zero-order valence-corrected chi connectivity index (χ0v) is 11.4. The third-order valence-electron chi connectivity index (χ3n) is 4.02. The second kappa shape index (κ2) is 4.79. The number of carbonyl (C=O) groups is 1. The van der Waals surface area contributed by atoms with E-state index < -0.39 is 11.5 Å². The van der Waals surface area contributed by atoms with Crippen molar-refractivity contribution in [3.63, 3.8) is 0 Å². The largest absolute Gasteiger partial charge is 0.427 e. The van der Waals surface area contributed by atoms with Gasteiger partial charge in [0.2, 0.25) is 5.92 Å². The SMILES string of the molecule is C=C1Cc2oc(=O)cc(C[C@@H]3CCC(F)(F)C3)c2C(=O)N1. The van der Waals surface area contributed by atoms with E-state index in [9.17, 15) is 18.4 Å². The molecule has 1 saturated carbocycles. The van der Waals surface area contributed by atoms with Crippen LogP contribution in [0, 0.1) is 5.92 Å². The van der Waals surface area contributed by atoms with Gasteiger partial charge in [-0.05, 0) is 24.3 Å². The molecule has 0 saturated heterocycles. The van der Waals surface area contributed by atoms with Gasteiger partial charge in [-0.1, -0.05) is 6.58 Å². The number of rotatable bonds is 2. The highest BCUT2D eigenvalue weighted by molar-refractivity contribution is 5.98. The average Bonchev–Trinajstić information content (AvgIpc) is 2.66. The maximum Gasteiger partial charge on any atom is 0.336 e. The van der Waals surface area contributed by atoms with Gasteiger partial charge in [0.25, 0.3) is 5.91 Å². The number of hydrogen-bond acceptors (Lipinski definition) is 3. The molecule has 1 aromatic heterocycles. The molecule has 1 fully saturated rings. The van der Waals surface area contributed by atoms with Crippen molar-refractivity contribution in [3.05, 3.63) is 45.6 Å². The summed E-state index contributed by atoms with van der Waals surface area (Å²) in [5, 5.41) is 2.59. The lowest BCUT2D eigenvalue weighted by atomic mass is 9.92. The Morgan fingerprint density at radius 2 is 2.19 bits per heavy atom. The monoisotopic (exact) mass is 295 g/mol. The quantitative estimate of drug-likeness (QED) is 0.911. The van der Waals surface area contributed by atoms with Crippen LogP contribution in [0.1, 0.15) is 40.9 Å². The third-order valence-corrected chi connectivity index (χ3v) is 4.02. The minimum atomic E-state index is -2.64. The van der Waals surface area contributed by atoms with E-state index in [0.29, 0.717) is 29.7 Å². The normalized spacial score (nSPS) is 23.8. The molecule has 2 heterocycles. The number of nitrogens with one attached hydrogen (secondary N) is 1. The van der Waals surface area contributed by atoms with E-state index in [1.54, 1.807) is 0 Å². The lowest BCUT2D eigenvalue weighted by molar-refractivity contribution is 0.00508. The van der Waals surface area contributed by atoms with Crippen molar-refractivity contribution in [1.29, 1.82) is 0 Å². The molecule has 6 heteroatoms. The molecule has 1 aliphatic carbocycles.